The molecule has 3 aromatic rings. The number of piperazine rings is 1. The first-order valence-electron chi connectivity index (χ1n) is 13.2. The number of nitrogens with zero attached hydrogens (tertiary/aromatic N) is 4. The first-order chi connectivity index (χ1) is 17.7. The van der Waals surface area contributed by atoms with Crippen molar-refractivity contribution in [1.29, 1.82) is 0 Å². The van der Waals surface area contributed by atoms with E-state index in [0.29, 0.717) is 13.1 Å². The minimum absolute atomic E-state index is 0.0799. The highest BCUT2D eigenvalue weighted by Crippen LogP contribution is 2.33. The Morgan fingerprint density at radius 1 is 0.889 bits per heavy atom. The number of hydrogen-bond donors (Lipinski definition) is 1. The van der Waals surface area contributed by atoms with Crippen LogP contribution in [0.25, 0.3) is 10.1 Å². The van der Waals surface area contributed by atoms with Crippen LogP contribution in [-0.2, 0) is 4.79 Å². The summed E-state index contributed by atoms with van der Waals surface area (Å²) in [5.74, 6) is 1.35. The topological polar surface area (TPSA) is 68.8 Å². The molecule has 0 atom stereocenters. The molecule has 1 aromatic carbocycles. The number of carbonyl (C=O) groups is 2. The van der Waals surface area contributed by atoms with Crippen LogP contribution in [0.2, 0.25) is 0 Å². The second kappa shape index (κ2) is 10.1. The van der Waals surface area contributed by atoms with Crippen LogP contribution in [-0.4, -0.2) is 61.0 Å². The molecule has 0 spiro atoms. The summed E-state index contributed by atoms with van der Waals surface area (Å²) in [6.45, 7) is 4.77. The van der Waals surface area contributed by atoms with E-state index in [9.17, 15) is 9.59 Å². The molecule has 2 amide bonds. The van der Waals surface area contributed by atoms with Gasteiger partial charge in [0.15, 0.2) is 0 Å². The molecular formula is C28H33N5O2S. The smallest absolute Gasteiger partial charge is 0.256 e. The predicted octanol–water partition coefficient (Wildman–Crippen LogP) is 4.99. The number of anilines is 3. The van der Waals surface area contributed by atoms with E-state index in [4.69, 9.17) is 0 Å². The monoisotopic (exact) mass is 503 g/mol. The Bertz CT molecular complexity index is 1250. The number of rotatable bonds is 5. The summed E-state index contributed by atoms with van der Waals surface area (Å²) in [6.07, 6.45) is 8.54. The van der Waals surface area contributed by atoms with Gasteiger partial charge in [-0.1, -0.05) is 12.8 Å². The maximum Gasteiger partial charge on any atom is 0.256 e. The van der Waals surface area contributed by atoms with Crippen LogP contribution in [0.15, 0.2) is 41.9 Å². The molecule has 2 aromatic heterocycles. The Hall–Kier alpha value is -3.13. The van der Waals surface area contributed by atoms with Crippen LogP contribution >= 0.6 is 11.3 Å². The quantitative estimate of drug-likeness (QED) is 0.531. The predicted molar refractivity (Wildman–Crippen MR) is 146 cm³/mol. The molecule has 7 nitrogen and oxygen atoms in total. The van der Waals surface area contributed by atoms with E-state index in [2.05, 4.69) is 37.6 Å². The molecule has 6 rings (SSSR count). The maximum atomic E-state index is 13.8. The summed E-state index contributed by atoms with van der Waals surface area (Å²) in [6, 6.07) is 10.0. The highest BCUT2D eigenvalue weighted by molar-refractivity contribution is 7.17. The minimum Gasteiger partial charge on any atom is -0.371 e. The van der Waals surface area contributed by atoms with Gasteiger partial charge in [0.1, 0.15) is 5.82 Å². The van der Waals surface area contributed by atoms with Gasteiger partial charge in [-0.05, 0) is 66.8 Å². The van der Waals surface area contributed by atoms with Crippen molar-refractivity contribution in [1.82, 2.24) is 9.88 Å². The Morgan fingerprint density at radius 2 is 1.67 bits per heavy atom. The third-order valence-electron chi connectivity index (χ3n) is 7.61. The Labute approximate surface area is 216 Å². The number of aromatic nitrogens is 1. The first-order valence-corrected chi connectivity index (χ1v) is 14.1. The fraction of sp³-hybridized carbons (Fsp3) is 0.464. The summed E-state index contributed by atoms with van der Waals surface area (Å²) >= 11 is 1.72. The molecule has 0 bridgehead atoms. The lowest BCUT2D eigenvalue weighted by Gasteiger charge is -2.36. The van der Waals surface area contributed by atoms with Crippen LogP contribution in [0.4, 0.5) is 17.2 Å². The number of benzene rings is 1. The Balaban J connectivity index is 1.21. The molecule has 0 radical (unpaired) electrons. The SMILES string of the molecule is O=C(Nc1ccc(C(=O)N2CCN(c3nccc4ccsc34)CC2)c(N2CCCCCC2)c1)C1CC1. The molecule has 3 aliphatic rings. The van der Waals surface area contributed by atoms with Crippen molar-refractivity contribution in [2.45, 2.75) is 38.5 Å². The molecule has 188 valence electrons. The lowest BCUT2D eigenvalue weighted by Crippen LogP contribution is -2.49. The van der Waals surface area contributed by atoms with Crippen molar-refractivity contribution in [3.8, 4) is 0 Å². The highest BCUT2D eigenvalue weighted by Gasteiger charge is 2.31. The van der Waals surface area contributed by atoms with Gasteiger partial charge in [0, 0.05) is 57.1 Å². The number of fused-ring (bicyclic) bond motifs is 1. The van der Waals surface area contributed by atoms with E-state index in [1.165, 1.54) is 22.9 Å². The largest absolute Gasteiger partial charge is 0.371 e. The van der Waals surface area contributed by atoms with Crippen molar-refractivity contribution in [2.75, 3.05) is 54.4 Å². The van der Waals surface area contributed by atoms with Crippen molar-refractivity contribution in [3.05, 3.63) is 47.5 Å². The normalized spacial score (nSPS) is 18.8. The summed E-state index contributed by atoms with van der Waals surface area (Å²) in [5, 5.41) is 6.41. The second-order valence-corrected chi connectivity index (χ2v) is 11.1. The summed E-state index contributed by atoms with van der Waals surface area (Å²) < 4.78 is 1.21. The zero-order valence-electron chi connectivity index (χ0n) is 20.6. The lowest BCUT2D eigenvalue weighted by molar-refractivity contribution is -0.117. The van der Waals surface area contributed by atoms with Crippen LogP contribution < -0.4 is 15.1 Å². The molecule has 2 aliphatic heterocycles. The van der Waals surface area contributed by atoms with Crippen molar-refractivity contribution in [3.63, 3.8) is 0 Å². The van der Waals surface area contributed by atoms with Gasteiger partial charge in [-0.3, -0.25) is 9.59 Å². The Morgan fingerprint density at radius 3 is 2.42 bits per heavy atom. The molecule has 4 heterocycles. The van der Waals surface area contributed by atoms with Gasteiger partial charge in [0.25, 0.3) is 5.91 Å². The summed E-state index contributed by atoms with van der Waals surface area (Å²) in [7, 11) is 0. The number of nitrogens with one attached hydrogen (secondary N) is 1. The van der Waals surface area contributed by atoms with E-state index < -0.39 is 0 Å². The third-order valence-corrected chi connectivity index (χ3v) is 8.53. The van der Waals surface area contributed by atoms with Crippen molar-refractivity contribution in [2.24, 2.45) is 5.92 Å². The van der Waals surface area contributed by atoms with Crippen LogP contribution in [0.5, 0.6) is 0 Å². The van der Waals surface area contributed by atoms with Crippen LogP contribution in [0, 0.1) is 5.92 Å². The molecule has 8 heteroatoms. The first kappa shape index (κ1) is 23.3. The molecular weight excluding hydrogens is 470 g/mol. The molecule has 2 saturated heterocycles. The van der Waals surface area contributed by atoms with Gasteiger partial charge in [0.2, 0.25) is 5.91 Å². The molecule has 1 aliphatic carbocycles. The Kier molecular flexibility index (Phi) is 6.52. The molecule has 1 saturated carbocycles. The average Bonchev–Trinajstić information content (AvgIpc) is 3.71. The van der Waals surface area contributed by atoms with Crippen molar-refractivity contribution < 1.29 is 9.59 Å². The van der Waals surface area contributed by atoms with Crippen LogP contribution in [0.3, 0.4) is 0 Å². The summed E-state index contributed by atoms with van der Waals surface area (Å²) in [5.41, 5.74) is 2.50. The summed E-state index contributed by atoms with van der Waals surface area (Å²) in [4.78, 5) is 37.5. The van der Waals surface area contributed by atoms with Gasteiger partial charge in [-0.2, -0.15) is 0 Å². The number of pyridine rings is 1. The lowest BCUT2D eigenvalue weighted by atomic mass is 10.1. The number of hydrogen-bond acceptors (Lipinski definition) is 6. The second-order valence-electron chi connectivity index (χ2n) is 10.1. The molecule has 36 heavy (non-hydrogen) atoms. The zero-order valence-corrected chi connectivity index (χ0v) is 21.4. The highest BCUT2D eigenvalue weighted by atomic mass is 32.1. The number of amides is 2. The van der Waals surface area contributed by atoms with Gasteiger partial charge in [-0.25, -0.2) is 4.98 Å². The standard InChI is InChI=1S/C28H33N5O2S/c34-27(21-5-6-21)30-22-7-8-23(24(19-22)31-12-3-1-2-4-13-31)28(35)33-16-14-32(15-17-33)26-25-20(9-11-29-26)10-18-36-25/h7-11,18-19,21H,1-6,12-17H2,(H,30,34). The fourth-order valence-corrected chi connectivity index (χ4v) is 6.26. The maximum absolute atomic E-state index is 13.8. The average molecular weight is 504 g/mol. The minimum atomic E-state index is 0.0799. The van der Waals surface area contributed by atoms with E-state index >= 15 is 0 Å². The molecule has 0 unspecified atom stereocenters. The van der Waals surface area contributed by atoms with Crippen LogP contribution in [0.1, 0.15) is 48.9 Å². The van der Waals surface area contributed by atoms with E-state index in [-0.39, 0.29) is 17.7 Å². The third kappa shape index (κ3) is 4.78. The van der Waals surface area contributed by atoms with Gasteiger partial charge in [0.05, 0.1) is 16.0 Å². The fourth-order valence-electron chi connectivity index (χ4n) is 5.35. The number of carbonyl (C=O) groups excluding carboxylic acids is 2. The van der Waals surface area contributed by atoms with E-state index in [1.54, 1.807) is 11.3 Å². The molecule has 1 N–H and O–H groups in total. The van der Waals surface area contributed by atoms with E-state index in [0.717, 1.165) is 74.6 Å². The zero-order chi connectivity index (χ0) is 24.5. The number of thiophene rings is 1. The molecule has 3 fully saturated rings. The van der Waals surface area contributed by atoms with E-state index in [1.807, 2.05) is 29.3 Å². The van der Waals surface area contributed by atoms with Gasteiger partial charge < -0.3 is 20.0 Å². The van der Waals surface area contributed by atoms with Gasteiger partial charge in [-0.15, -0.1) is 11.3 Å². The van der Waals surface area contributed by atoms with Gasteiger partial charge >= 0.3 is 0 Å². The van der Waals surface area contributed by atoms with Crippen molar-refractivity contribution >= 4 is 50.4 Å².